The molecule has 14 heavy (non-hydrogen) atoms. The third-order valence-corrected chi connectivity index (χ3v) is 1.60. The van der Waals surface area contributed by atoms with Crippen LogP contribution in [0, 0.1) is 33.1 Å². The van der Waals surface area contributed by atoms with Crippen molar-refractivity contribution in [1.29, 1.82) is 5.26 Å². The molecule has 1 aromatic carbocycles. The van der Waals surface area contributed by atoms with Crippen LogP contribution in [0.5, 0.6) is 0 Å². The highest BCUT2D eigenvalue weighted by Gasteiger charge is 2.23. The van der Waals surface area contributed by atoms with E-state index in [1.807, 2.05) is 0 Å². The van der Waals surface area contributed by atoms with Gasteiger partial charge in [-0.05, 0) is 6.07 Å². The molecular formula is C8H4F2N2O2. The summed E-state index contributed by atoms with van der Waals surface area (Å²) in [5.41, 5.74) is -1.39. The van der Waals surface area contributed by atoms with Gasteiger partial charge in [0.15, 0.2) is 0 Å². The van der Waals surface area contributed by atoms with Crippen LogP contribution >= 0.6 is 0 Å². The van der Waals surface area contributed by atoms with Gasteiger partial charge in [0.25, 0.3) is 0 Å². The zero-order valence-corrected chi connectivity index (χ0v) is 6.83. The van der Waals surface area contributed by atoms with E-state index < -0.39 is 22.2 Å². The second-order valence-corrected chi connectivity index (χ2v) is 2.46. The third kappa shape index (κ3) is 1.66. The van der Waals surface area contributed by atoms with E-state index in [0.717, 1.165) is 12.1 Å². The van der Waals surface area contributed by atoms with Crippen molar-refractivity contribution >= 4 is 5.69 Å². The van der Waals surface area contributed by atoms with Gasteiger partial charge in [-0.3, -0.25) is 10.1 Å². The number of nitrogens with zero attached hydrogens (tertiary/aromatic N) is 2. The minimum Gasteiger partial charge on any atom is -0.258 e. The number of halogens is 2. The molecule has 0 saturated carbocycles. The lowest BCUT2D eigenvalue weighted by Crippen LogP contribution is -2.00. The fourth-order valence-electron chi connectivity index (χ4n) is 0.972. The summed E-state index contributed by atoms with van der Waals surface area (Å²) in [5, 5.41) is 18.5. The Hall–Kier alpha value is -2.03. The molecule has 1 rings (SSSR count). The predicted octanol–water partition coefficient (Wildman–Crippen LogP) is 1.94. The van der Waals surface area contributed by atoms with E-state index in [-0.39, 0.29) is 12.0 Å². The molecule has 0 radical (unpaired) electrons. The number of nitriles is 1. The maximum atomic E-state index is 13.1. The highest BCUT2D eigenvalue weighted by atomic mass is 19.1. The Morgan fingerprint density at radius 2 is 2.14 bits per heavy atom. The Labute approximate surface area is 77.5 Å². The van der Waals surface area contributed by atoms with Gasteiger partial charge in [-0.1, -0.05) is 6.07 Å². The molecule has 0 fully saturated rings. The number of nitro benzene ring substituents is 1. The van der Waals surface area contributed by atoms with Crippen LogP contribution in [-0.4, -0.2) is 4.92 Å². The van der Waals surface area contributed by atoms with E-state index >= 15 is 0 Å². The van der Waals surface area contributed by atoms with E-state index in [4.69, 9.17) is 5.26 Å². The molecule has 0 saturated heterocycles. The van der Waals surface area contributed by atoms with Gasteiger partial charge in [0, 0.05) is 5.56 Å². The number of hydrogen-bond acceptors (Lipinski definition) is 3. The van der Waals surface area contributed by atoms with Crippen LogP contribution in [-0.2, 0) is 6.42 Å². The SMILES string of the molecule is N#CCc1ccc(F)c([N+](=O)[O-])c1F. The van der Waals surface area contributed by atoms with Gasteiger partial charge < -0.3 is 0 Å². The summed E-state index contributed by atoms with van der Waals surface area (Å²) in [7, 11) is 0. The number of nitro groups is 1. The Morgan fingerprint density at radius 1 is 1.50 bits per heavy atom. The zero-order chi connectivity index (χ0) is 10.7. The fourth-order valence-corrected chi connectivity index (χ4v) is 0.972. The molecule has 0 bridgehead atoms. The molecule has 4 nitrogen and oxygen atoms in total. The van der Waals surface area contributed by atoms with Gasteiger partial charge in [0.1, 0.15) is 0 Å². The van der Waals surface area contributed by atoms with Crippen LogP contribution in [0.4, 0.5) is 14.5 Å². The van der Waals surface area contributed by atoms with Crippen molar-refractivity contribution < 1.29 is 13.7 Å². The summed E-state index contributed by atoms with van der Waals surface area (Å²) in [6.45, 7) is 0. The average molecular weight is 198 g/mol. The summed E-state index contributed by atoms with van der Waals surface area (Å²) >= 11 is 0. The first-order chi connectivity index (χ1) is 6.57. The van der Waals surface area contributed by atoms with Crippen molar-refractivity contribution in [3.05, 3.63) is 39.4 Å². The van der Waals surface area contributed by atoms with E-state index in [2.05, 4.69) is 0 Å². The van der Waals surface area contributed by atoms with Crippen molar-refractivity contribution in [2.24, 2.45) is 0 Å². The lowest BCUT2D eigenvalue weighted by Gasteiger charge is -1.99. The fraction of sp³-hybridized carbons (Fsp3) is 0.125. The van der Waals surface area contributed by atoms with Crippen molar-refractivity contribution in [1.82, 2.24) is 0 Å². The quantitative estimate of drug-likeness (QED) is 0.538. The topological polar surface area (TPSA) is 66.9 Å². The maximum Gasteiger partial charge on any atom is 0.340 e. The Morgan fingerprint density at radius 3 is 2.64 bits per heavy atom. The summed E-state index contributed by atoms with van der Waals surface area (Å²) in [4.78, 5) is 9.09. The number of rotatable bonds is 2. The zero-order valence-electron chi connectivity index (χ0n) is 6.83. The van der Waals surface area contributed by atoms with Gasteiger partial charge in [0.2, 0.25) is 11.6 Å². The standard InChI is InChI=1S/C8H4F2N2O2/c9-6-2-1-5(3-4-11)7(10)8(6)12(13)14/h1-2H,3H2. The molecule has 0 amide bonds. The molecule has 0 spiro atoms. The molecule has 0 atom stereocenters. The van der Waals surface area contributed by atoms with Crippen molar-refractivity contribution in [3.63, 3.8) is 0 Å². The molecule has 72 valence electrons. The van der Waals surface area contributed by atoms with E-state index in [0.29, 0.717) is 0 Å². The van der Waals surface area contributed by atoms with Gasteiger partial charge in [0.05, 0.1) is 17.4 Å². The van der Waals surface area contributed by atoms with Crippen LogP contribution in [0.3, 0.4) is 0 Å². The van der Waals surface area contributed by atoms with Crippen LogP contribution < -0.4 is 0 Å². The summed E-state index contributed by atoms with van der Waals surface area (Å²) in [6, 6.07) is 3.41. The predicted molar refractivity (Wildman–Crippen MR) is 42.3 cm³/mol. The summed E-state index contributed by atoms with van der Waals surface area (Å²) in [5.74, 6) is -2.52. The molecule has 0 aliphatic heterocycles. The van der Waals surface area contributed by atoms with Crippen molar-refractivity contribution in [2.45, 2.75) is 6.42 Å². The van der Waals surface area contributed by atoms with E-state index in [1.165, 1.54) is 0 Å². The highest BCUT2D eigenvalue weighted by Crippen LogP contribution is 2.24. The Balaban J connectivity index is 3.35. The molecule has 0 aliphatic rings. The lowest BCUT2D eigenvalue weighted by molar-refractivity contribution is -0.390. The molecular weight excluding hydrogens is 194 g/mol. The maximum absolute atomic E-state index is 13.1. The second kappa shape index (κ2) is 3.79. The Bertz CT molecular complexity index is 426. The highest BCUT2D eigenvalue weighted by molar-refractivity contribution is 5.39. The Kier molecular flexibility index (Phi) is 2.72. The second-order valence-electron chi connectivity index (χ2n) is 2.46. The minimum atomic E-state index is -1.28. The van der Waals surface area contributed by atoms with E-state index in [1.54, 1.807) is 6.07 Å². The molecule has 1 aromatic rings. The van der Waals surface area contributed by atoms with Crippen LogP contribution in [0.25, 0.3) is 0 Å². The van der Waals surface area contributed by atoms with Gasteiger partial charge in [-0.2, -0.15) is 14.0 Å². The number of benzene rings is 1. The molecule has 0 aromatic heterocycles. The van der Waals surface area contributed by atoms with Gasteiger partial charge in [-0.25, -0.2) is 0 Å². The minimum absolute atomic E-state index is 0.180. The lowest BCUT2D eigenvalue weighted by atomic mass is 10.1. The van der Waals surface area contributed by atoms with Gasteiger partial charge >= 0.3 is 5.69 Å². The van der Waals surface area contributed by atoms with E-state index in [9.17, 15) is 18.9 Å². The first kappa shape index (κ1) is 10.1. The van der Waals surface area contributed by atoms with Crippen LogP contribution in [0.2, 0.25) is 0 Å². The summed E-state index contributed by atoms with van der Waals surface area (Å²) < 4.78 is 25.9. The largest absolute Gasteiger partial charge is 0.340 e. The first-order valence-electron chi connectivity index (χ1n) is 3.56. The van der Waals surface area contributed by atoms with Crippen LogP contribution in [0.1, 0.15) is 5.56 Å². The molecule has 6 heteroatoms. The average Bonchev–Trinajstić information content (AvgIpc) is 2.10. The third-order valence-electron chi connectivity index (χ3n) is 1.60. The van der Waals surface area contributed by atoms with Crippen LogP contribution in [0.15, 0.2) is 12.1 Å². The van der Waals surface area contributed by atoms with Crippen molar-refractivity contribution in [2.75, 3.05) is 0 Å². The van der Waals surface area contributed by atoms with Crippen molar-refractivity contribution in [3.8, 4) is 6.07 Å². The first-order valence-corrected chi connectivity index (χ1v) is 3.56. The summed E-state index contributed by atoms with van der Waals surface area (Å²) in [6.07, 6.45) is -0.326. The number of hydrogen-bond donors (Lipinski definition) is 0. The molecule has 0 heterocycles. The normalized spacial score (nSPS) is 9.50. The molecule has 0 N–H and O–H groups in total. The molecule has 0 unspecified atom stereocenters. The monoisotopic (exact) mass is 198 g/mol. The molecule has 0 aliphatic carbocycles. The smallest absolute Gasteiger partial charge is 0.258 e. The van der Waals surface area contributed by atoms with Gasteiger partial charge in [-0.15, -0.1) is 0 Å².